The number of unbranched alkanes of at least 4 members (excludes halogenated alkanes) is 1. The van der Waals surface area contributed by atoms with Gasteiger partial charge in [0.2, 0.25) is 11.8 Å². The maximum Gasteiger partial charge on any atom is 0.335 e. The highest BCUT2D eigenvalue weighted by atomic mass is 16.7. The Morgan fingerprint density at radius 2 is 0.813 bits per heavy atom. The Hall–Kier alpha value is -5.02. The van der Waals surface area contributed by atoms with Crippen molar-refractivity contribution in [2.75, 3.05) is 343 Å². The van der Waals surface area contributed by atoms with E-state index in [4.69, 9.17) is 133 Å². The predicted molar refractivity (Wildman–Crippen MR) is 483 cm³/mol. The number of aliphatic hydroxyl groups is 3. The number of rotatable bonds is 89. The molecule has 4 fully saturated rings. The summed E-state index contributed by atoms with van der Waals surface area (Å²) in [5.41, 5.74) is 6.99. The number of nitrogens with zero attached hydrogens (tertiary/aromatic N) is 1. The van der Waals surface area contributed by atoms with Gasteiger partial charge in [-0.2, -0.15) is 0 Å². The van der Waals surface area contributed by atoms with Gasteiger partial charge in [0.05, 0.1) is 354 Å². The molecule has 0 aromatic carbocycles. The molecule has 12 atom stereocenters. The molecule has 4 aliphatic carbocycles. The number of Topliss-reactive ketones (excluding diaryl/α,β-unsaturated/α-hetero) is 1. The van der Waals surface area contributed by atoms with Gasteiger partial charge < -0.3 is 159 Å². The number of ether oxygens (including phenoxy) is 26. The van der Waals surface area contributed by atoms with E-state index in [9.17, 15) is 44.1 Å². The van der Waals surface area contributed by atoms with Gasteiger partial charge in [-0.1, -0.05) is 25.5 Å². The van der Waals surface area contributed by atoms with E-state index >= 15 is 0 Å². The maximum absolute atomic E-state index is 13.2. The monoisotopic (exact) mass is 1920 g/mol. The van der Waals surface area contributed by atoms with Crippen LogP contribution in [0.4, 0.5) is 0 Å². The Morgan fingerprint density at radius 1 is 0.440 bits per heavy atom. The fourth-order valence-electron chi connectivity index (χ4n) is 17.1. The Bertz CT molecular complexity index is 3300. The van der Waals surface area contributed by atoms with E-state index in [-0.39, 0.29) is 91.0 Å². The smallest absolute Gasteiger partial charge is 0.335 e. The molecule has 2 aliphatic heterocycles. The lowest BCUT2D eigenvalue weighted by atomic mass is 9.45. The molecular formula is C94H160N4O36. The third-order valence-electron chi connectivity index (χ3n) is 24.5. The van der Waals surface area contributed by atoms with Crippen LogP contribution in [0, 0.1) is 28.6 Å². The average Bonchev–Trinajstić information content (AvgIpc) is 1.54. The fourth-order valence-corrected chi connectivity index (χ4v) is 17.1. The van der Waals surface area contributed by atoms with Crippen molar-refractivity contribution in [3.8, 4) is 0 Å². The molecule has 7 N–H and O–H groups in total. The Kier molecular flexibility index (Phi) is 63.3. The highest BCUT2D eigenvalue weighted by molar-refractivity contribution is 6.13. The van der Waals surface area contributed by atoms with Crippen LogP contribution in [0.5, 0.6) is 0 Å². The van der Waals surface area contributed by atoms with Gasteiger partial charge in [0, 0.05) is 68.4 Å². The molecule has 1 aromatic rings. The zero-order valence-electron chi connectivity index (χ0n) is 79.7. The summed E-state index contributed by atoms with van der Waals surface area (Å²) < 4.78 is 150. The van der Waals surface area contributed by atoms with Crippen molar-refractivity contribution in [1.82, 2.24) is 15.5 Å². The zero-order chi connectivity index (χ0) is 95.3. The molecule has 7 rings (SSSR count). The van der Waals surface area contributed by atoms with E-state index in [0.717, 1.165) is 55.4 Å². The number of ketones is 1. The predicted octanol–water partition coefficient (Wildman–Crippen LogP) is 2.67. The summed E-state index contributed by atoms with van der Waals surface area (Å²) in [4.78, 5) is 73.2. The molecule has 40 nitrogen and oxygen atoms in total. The summed E-state index contributed by atoms with van der Waals surface area (Å²) in [6.07, 6.45) is 10.8. The van der Waals surface area contributed by atoms with Crippen molar-refractivity contribution < 1.29 is 167 Å². The third-order valence-corrected chi connectivity index (χ3v) is 24.5. The summed E-state index contributed by atoms with van der Waals surface area (Å²) in [5, 5.41) is 40.6. The first-order valence-electron chi connectivity index (χ1n) is 48.4. The summed E-state index contributed by atoms with van der Waals surface area (Å²) in [7, 11) is 0. The second-order valence-corrected chi connectivity index (χ2v) is 33.7. The molecule has 0 spiro atoms. The van der Waals surface area contributed by atoms with Crippen molar-refractivity contribution >= 4 is 29.4 Å². The molecule has 3 saturated carbocycles. The number of carbonyl (C=O) groups is 5. The molecular weight excluding hydrogens is 1760 g/mol. The van der Waals surface area contributed by atoms with Gasteiger partial charge in [0.15, 0.2) is 6.29 Å². The normalized spacial score (nSPS) is 23.0. The van der Waals surface area contributed by atoms with Crippen LogP contribution in [0.1, 0.15) is 115 Å². The average molecular weight is 1920 g/mol. The van der Waals surface area contributed by atoms with E-state index in [1.165, 1.54) is 23.8 Å². The number of nitrogens with two attached hydrogens (primary N) is 1. The minimum atomic E-state index is -1.34. The van der Waals surface area contributed by atoms with E-state index in [1.807, 2.05) is 6.07 Å². The molecule has 1 saturated heterocycles. The molecule has 40 heteroatoms. The molecule has 0 bridgehead atoms. The van der Waals surface area contributed by atoms with Gasteiger partial charge in [-0.25, -0.2) is 4.79 Å². The van der Waals surface area contributed by atoms with E-state index in [1.54, 1.807) is 6.26 Å². The molecule has 772 valence electrons. The van der Waals surface area contributed by atoms with E-state index < -0.39 is 47.9 Å². The quantitative estimate of drug-likeness (QED) is 0.0310. The van der Waals surface area contributed by atoms with Crippen LogP contribution in [-0.2, 0) is 147 Å². The highest BCUT2D eigenvalue weighted by Gasteiger charge is 2.67. The van der Waals surface area contributed by atoms with Crippen LogP contribution in [0.2, 0.25) is 0 Å². The summed E-state index contributed by atoms with van der Waals surface area (Å²) >= 11 is 0. The lowest BCUT2D eigenvalue weighted by molar-refractivity contribution is -0.270. The Morgan fingerprint density at radius 3 is 1.20 bits per heavy atom. The molecule has 6 aliphatic rings. The Labute approximate surface area is 790 Å². The number of imide groups is 1. The van der Waals surface area contributed by atoms with Crippen molar-refractivity contribution in [1.29, 1.82) is 0 Å². The van der Waals surface area contributed by atoms with Crippen LogP contribution in [0.25, 0.3) is 0 Å². The first-order valence-corrected chi connectivity index (χ1v) is 48.4. The van der Waals surface area contributed by atoms with Crippen LogP contribution in [0.3, 0.4) is 0 Å². The first kappa shape index (κ1) is 116. The van der Waals surface area contributed by atoms with Crippen LogP contribution < -0.4 is 22.0 Å². The molecule has 1 aromatic heterocycles. The van der Waals surface area contributed by atoms with Crippen LogP contribution in [0.15, 0.2) is 51.4 Å². The highest BCUT2D eigenvalue weighted by Crippen LogP contribution is 2.70. The first-order chi connectivity index (χ1) is 65.5. The molecule has 4 amide bonds. The van der Waals surface area contributed by atoms with Crippen molar-refractivity contribution in [3.05, 3.63) is 58.2 Å². The molecule has 0 radical (unpaired) electrons. The van der Waals surface area contributed by atoms with Crippen molar-refractivity contribution in [2.45, 2.75) is 146 Å². The number of nitrogens with one attached hydrogen (secondary N) is 2. The number of hydrogen-bond acceptors (Lipinski definition) is 37. The number of hydrogen-bond donors (Lipinski definition) is 6. The third kappa shape index (κ3) is 47.5. The summed E-state index contributed by atoms with van der Waals surface area (Å²) in [6.45, 7) is 26.4. The summed E-state index contributed by atoms with van der Waals surface area (Å²) in [5.74, 6) is -1.48. The zero-order valence-corrected chi connectivity index (χ0v) is 79.7. The maximum atomic E-state index is 13.2. The summed E-state index contributed by atoms with van der Waals surface area (Å²) in [6, 6.07) is 2.59. The van der Waals surface area contributed by atoms with Crippen molar-refractivity contribution in [3.63, 3.8) is 0 Å². The minimum absolute atomic E-state index is 0.0385. The molecule has 3 unspecified atom stereocenters. The van der Waals surface area contributed by atoms with Gasteiger partial charge in [-0.3, -0.25) is 28.9 Å². The number of aliphatic hydroxyl groups excluding tert-OH is 2. The van der Waals surface area contributed by atoms with E-state index in [0.29, 0.717) is 355 Å². The number of fused-ring (bicyclic) bond motifs is 5. The lowest BCUT2D eigenvalue weighted by Crippen LogP contribution is -2.60. The number of amides is 4. The fraction of sp³-hybridized carbons (Fsp3) is 0.851. The van der Waals surface area contributed by atoms with Gasteiger partial charge in [0.25, 0.3) is 11.8 Å². The van der Waals surface area contributed by atoms with Crippen LogP contribution in [-0.4, -0.2) is 429 Å². The van der Waals surface area contributed by atoms with E-state index in [2.05, 4.69) is 30.6 Å². The molecule has 3 heterocycles. The van der Waals surface area contributed by atoms with Gasteiger partial charge in [-0.05, 0) is 105 Å². The second kappa shape index (κ2) is 73.1. The SMILES string of the molecule is C[C@]12CC[C@H](O[C@H]3OC[C@H](CC(=O)[C@@H](N)CCCCNC(=O)CCOCCOCCOCCOCCOCCOCCOCCOCCOCCOCCOCCOCCOCCOCCOCCOCCOCCOCCOCCOCCOCCOCCOCCOCCNC(=O)CCN4C(=O)C=CC4=O)[C@H](O)C3O)C=C1CCC1C2CC[C@]2(C)[C@@H](c3ccc(=O)oc3)CC[C@]12O. The number of carbonyl (C=O) groups excluding carboxylic acids is 5. The van der Waals surface area contributed by atoms with Gasteiger partial charge >= 0.3 is 5.63 Å². The van der Waals surface area contributed by atoms with Gasteiger partial charge in [0.1, 0.15) is 11.9 Å². The topological polar surface area (TPSA) is 470 Å². The molecule has 134 heavy (non-hydrogen) atoms. The van der Waals surface area contributed by atoms with Gasteiger partial charge in [-0.15, -0.1) is 0 Å². The minimum Gasteiger partial charge on any atom is -0.431 e. The standard InChI is InChI=1S/C94H160N4O36/c1-92-17-12-78(72-77(92)7-8-81-80(92)13-18-93(2)79(14-19-94(81,93)107)75-6-11-88(104)132-73-75)134-91-90(106)89(105)76(74-133-91)71-83(99)82(95)5-3-4-20-96-85(101)16-23-108-25-27-110-29-31-112-33-35-114-37-39-116-41-43-118-45-47-120-49-51-122-53-55-124-57-59-126-61-63-128-65-67-130-69-70-131-68-66-129-64-62-127-60-58-125-56-54-123-52-50-121-48-46-119-44-42-117-40-38-115-36-34-113-32-30-111-28-26-109-24-21-97-84(100)15-22-98-86(102)9-10-87(98)103/h6,9-11,72-73,76,78-82,89-91,105-107H,3-5,7-8,12-71,74,95H2,1-2H3,(H,96,101)(H,97,100)/t76-,78-,79+,80?,81?,82-,89-,90?,91+,92-,93+,94-/m0/s1. The second-order valence-electron chi connectivity index (χ2n) is 33.7. The Balaban J connectivity index is 0.484. The van der Waals surface area contributed by atoms with Crippen molar-refractivity contribution in [2.24, 2.45) is 34.3 Å². The van der Waals surface area contributed by atoms with Crippen LogP contribution >= 0.6 is 0 Å². The largest absolute Gasteiger partial charge is 0.431 e. The lowest BCUT2D eigenvalue weighted by Gasteiger charge is -2.62. The number of allylic oxidation sites excluding steroid dienone is 1.